The topological polar surface area (TPSA) is 76.4 Å². The van der Waals surface area contributed by atoms with Crippen molar-refractivity contribution in [1.82, 2.24) is 9.78 Å². The van der Waals surface area contributed by atoms with Crippen LogP contribution < -0.4 is 15.6 Å². The quantitative estimate of drug-likeness (QED) is 0.828. The standard InChI is InChI=1S/C16H18F3N3O3/c1-10(9-23)21-13-7-20-22(15(24)14(13)16(17,18)19)8-11-3-5-12(25-2)6-4-11/h3-7,10,21,23H,8-9H2,1-2H3. The summed E-state index contributed by atoms with van der Waals surface area (Å²) in [4.78, 5) is 12.3. The molecule has 1 unspecified atom stereocenters. The molecule has 0 aliphatic heterocycles. The smallest absolute Gasteiger partial charge is 0.423 e. The lowest BCUT2D eigenvalue weighted by molar-refractivity contribution is -0.138. The number of hydrogen-bond donors (Lipinski definition) is 2. The third kappa shape index (κ3) is 4.50. The van der Waals surface area contributed by atoms with Gasteiger partial charge >= 0.3 is 6.18 Å². The highest BCUT2D eigenvalue weighted by molar-refractivity contribution is 5.50. The van der Waals surface area contributed by atoms with Crippen LogP contribution in [0.4, 0.5) is 18.9 Å². The SMILES string of the molecule is COc1ccc(Cn2ncc(NC(C)CO)c(C(F)(F)F)c2=O)cc1. The third-order valence-corrected chi connectivity index (χ3v) is 3.49. The predicted octanol–water partition coefficient (Wildman–Crippen LogP) is 2.11. The van der Waals surface area contributed by atoms with Crippen LogP contribution in [0.25, 0.3) is 0 Å². The zero-order chi connectivity index (χ0) is 18.6. The van der Waals surface area contributed by atoms with E-state index in [1.165, 1.54) is 14.0 Å². The molecule has 1 aromatic carbocycles. The van der Waals surface area contributed by atoms with Crippen LogP contribution in [0.3, 0.4) is 0 Å². The molecule has 0 saturated heterocycles. The number of benzene rings is 1. The van der Waals surface area contributed by atoms with Gasteiger partial charge in [-0.05, 0) is 24.6 Å². The van der Waals surface area contributed by atoms with Crippen molar-refractivity contribution < 1.29 is 23.0 Å². The van der Waals surface area contributed by atoms with E-state index >= 15 is 0 Å². The lowest BCUT2D eigenvalue weighted by Gasteiger charge is -2.18. The Kier molecular flexibility index (Phi) is 5.68. The maximum Gasteiger partial charge on any atom is 0.423 e. The molecular formula is C16H18F3N3O3. The Morgan fingerprint density at radius 3 is 2.48 bits per heavy atom. The molecule has 1 aromatic heterocycles. The Balaban J connectivity index is 2.41. The number of nitrogens with one attached hydrogen (secondary N) is 1. The first-order valence-electron chi connectivity index (χ1n) is 7.44. The molecule has 9 heteroatoms. The van der Waals surface area contributed by atoms with Gasteiger partial charge < -0.3 is 15.2 Å². The van der Waals surface area contributed by atoms with Crippen molar-refractivity contribution in [3.8, 4) is 5.75 Å². The molecule has 1 heterocycles. The van der Waals surface area contributed by atoms with Crippen molar-refractivity contribution in [3.63, 3.8) is 0 Å². The fourth-order valence-corrected chi connectivity index (χ4v) is 2.20. The van der Waals surface area contributed by atoms with E-state index in [9.17, 15) is 18.0 Å². The predicted molar refractivity (Wildman–Crippen MR) is 85.8 cm³/mol. The first-order valence-corrected chi connectivity index (χ1v) is 7.44. The zero-order valence-corrected chi connectivity index (χ0v) is 13.7. The minimum absolute atomic E-state index is 0.109. The number of rotatable bonds is 6. The minimum atomic E-state index is -4.85. The second-order valence-corrected chi connectivity index (χ2v) is 5.47. The number of aliphatic hydroxyl groups is 1. The number of methoxy groups -OCH3 is 1. The van der Waals surface area contributed by atoms with Gasteiger partial charge in [0.1, 0.15) is 11.3 Å². The van der Waals surface area contributed by atoms with Crippen LogP contribution in [0.15, 0.2) is 35.3 Å². The van der Waals surface area contributed by atoms with Gasteiger partial charge in [0.2, 0.25) is 0 Å². The maximum atomic E-state index is 13.3. The van der Waals surface area contributed by atoms with Crippen molar-refractivity contribution in [1.29, 1.82) is 0 Å². The van der Waals surface area contributed by atoms with Crippen LogP contribution in [0.1, 0.15) is 18.1 Å². The first-order chi connectivity index (χ1) is 11.8. The Morgan fingerprint density at radius 2 is 1.96 bits per heavy atom. The lowest BCUT2D eigenvalue weighted by Crippen LogP contribution is -2.33. The molecule has 0 fully saturated rings. The number of ether oxygens (including phenoxy) is 1. The van der Waals surface area contributed by atoms with Crippen LogP contribution in [0.5, 0.6) is 5.75 Å². The van der Waals surface area contributed by atoms with E-state index in [1.807, 2.05) is 0 Å². The summed E-state index contributed by atoms with van der Waals surface area (Å²) >= 11 is 0. The Labute approximate surface area is 141 Å². The molecule has 0 radical (unpaired) electrons. The molecule has 0 saturated carbocycles. The molecule has 2 N–H and O–H groups in total. The summed E-state index contributed by atoms with van der Waals surface area (Å²) in [6.07, 6.45) is -3.90. The van der Waals surface area contributed by atoms with Gasteiger partial charge in [0.25, 0.3) is 5.56 Å². The molecule has 0 aliphatic carbocycles. The normalized spacial score (nSPS) is 12.7. The van der Waals surface area contributed by atoms with E-state index < -0.39 is 29.0 Å². The molecule has 2 aromatic rings. The van der Waals surface area contributed by atoms with E-state index in [0.29, 0.717) is 11.3 Å². The van der Waals surface area contributed by atoms with Crippen LogP contribution in [-0.4, -0.2) is 34.6 Å². The number of aliphatic hydroxyl groups excluding tert-OH is 1. The molecule has 6 nitrogen and oxygen atoms in total. The zero-order valence-electron chi connectivity index (χ0n) is 13.7. The average Bonchev–Trinajstić information content (AvgIpc) is 2.56. The fraction of sp³-hybridized carbons (Fsp3) is 0.375. The first kappa shape index (κ1) is 18.8. The van der Waals surface area contributed by atoms with Crippen molar-refractivity contribution in [2.24, 2.45) is 0 Å². The van der Waals surface area contributed by atoms with Gasteiger partial charge in [-0.1, -0.05) is 12.1 Å². The number of nitrogens with zero attached hydrogens (tertiary/aromatic N) is 2. The Hall–Kier alpha value is -2.55. The molecule has 0 aliphatic rings. The van der Waals surface area contributed by atoms with Gasteiger partial charge in [0.05, 0.1) is 32.1 Å². The van der Waals surface area contributed by atoms with Crippen LogP contribution in [0, 0.1) is 0 Å². The summed E-state index contributed by atoms with van der Waals surface area (Å²) in [7, 11) is 1.50. The van der Waals surface area contributed by atoms with E-state index in [1.54, 1.807) is 24.3 Å². The van der Waals surface area contributed by atoms with E-state index in [4.69, 9.17) is 9.84 Å². The summed E-state index contributed by atoms with van der Waals surface area (Å²) in [6, 6.07) is 5.91. The molecule has 2 rings (SSSR count). The molecule has 136 valence electrons. The summed E-state index contributed by atoms with van der Waals surface area (Å²) in [5, 5.41) is 15.3. The van der Waals surface area contributed by atoms with Crippen LogP contribution >= 0.6 is 0 Å². The van der Waals surface area contributed by atoms with Gasteiger partial charge in [-0.3, -0.25) is 4.79 Å². The number of halogens is 3. The van der Waals surface area contributed by atoms with Gasteiger partial charge in [-0.15, -0.1) is 0 Å². The van der Waals surface area contributed by atoms with Gasteiger partial charge in [0, 0.05) is 6.04 Å². The second kappa shape index (κ2) is 7.56. The number of anilines is 1. The fourth-order valence-electron chi connectivity index (χ4n) is 2.20. The highest BCUT2D eigenvalue weighted by atomic mass is 19.4. The molecular weight excluding hydrogens is 339 g/mol. The molecule has 25 heavy (non-hydrogen) atoms. The molecule has 1 atom stereocenters. The van der Waals surface area contributed by atoms with Crippen LogP contribution in [0.2, 0.25) is 0 Å². The highest BCUT2D eigenvalue weighted by Gasteiger charge is 2.38. The Morgan fingerprint density at radius 1 is 1.32 bits per heavy atom. The molecule has 0 spiro atoms. The van der Waals surface area contributed by atoms with Crippen molar-refractivity contribution in [3.05, 3.63) is 51.9 Å². The van der Waals surface area contributed by atoms with E-state index in [2.05, 4.69) is 10.4 Å². The van der Waals surface area contributed by atoms with Gasteiger partial charge in [0.15, 0.2) is 0 Å². The van der Waals surface area contributed by atoms with E-state index in [0.717, 1.165) is 10.9 Å². The highest BCUT2D eigenvalue weighted by Crippen LogP contribution is 2.32. The summed E-state index contributed by atoms with van der Waals surface area (Å²) in [6.45, 7) is 0.997. The minimum Gasteiger partial charge on any atom is -0.497 e. The van der Waals surface area contributed by atoms with E-state index in [-0.39, 0.29) is 13.2 Å². The Bertz CT molecular complexity index is 773. The van der Waals surface area contributed by atoms with Crippen molar-refractivity contribution in [2.75, 3.05) is 19.0 Å². The molecule has 0 bridgehead atoms. The van der Waals surface area contributed by atoms with Crippen molar-refractivity contribution in [2.45, 2.75) is 25.7 Å². The van der Waals surface area contributed by atoms with Crippen LogP contribution in [-0.2, 0) is 12.7 Å². The second-order valence-electron chi connectivity index (χ2n) is 5.47. The average molecular weight is 357 g/mol. The number of aromatic nitrogens is 2. The van der Waals surface area contributed by atoms with Gasteiger partial charge in [-0.25, -0.2) is 4.68 Å². The molecule has 0 amide bonds. The summed E-state index contributed by atoms with van der Waals surface area (Å²) < 4.78 is 45.7. The van der Waals surface area contributed by atoms with Gasteiger partial charge in [-0.2, -0.15) is 18.3 Å². The number of hydrogen-bond acceptors (Lipinski definition) is 5. The maximum absolute atomic E-state index is 13.3. The lowest BCUT2D eigenvalue weighted by atomic mass is 10.2. The third-order valence-electron chi connectivity index (χ3n) is 3.49. The van der Waals surface area contributed by atoms with Crippen molar-refractivity contribution >= 4 is 5.69 Å². The summed E-state index contributed by atoms with van der Waals surface area (Å²) in [5.74, 6) is 0.595. The number of alkyl halides is 3. The monoisotopic (exact) mass is 357 g/mol. The summed E-state index contributed by atoms with van der Waals surface area (Å²) in [5.41, 5.74) is -2.44. The largest absolute Gasteiger partial charge is 0.497 e.